The van der Waals surface area contributed by atoms with E-state index in [1.165, 1.54) is 28.9 Å². The lowest BCUT2D eigenvalue weighted by Crippen LogP contribution is -2.16. The molecule has 184 valence electrons. The summed E-state index contributed by atoms with van der Waals surface area (Å²) in [4.78, 5) is 12.1. The van der Waals surface area contributed by atoms with E-state index in [0.29, 0.717) is 23.2 Å². The van der Waals surface area contributed by atoms with Gasteiger partial charge in [-0.05, 0) is 54.1 Å². The number of amides is 1. The average molecular weight is 570 g/mol. The van der Waals surface area contributed by atoms with Gasteiger partial charge in [-0.2, -0.15) is 5.10 Å². The predicted octanol–water partition coefficient (Wildman–Crippen LogP) is 4.65. The predicted molar refractivity (Wildman–Crippen MR) is 142 cm³/mol. The van der Waals surface area contributed by atoms with Crippen LogP contribution in [0.4, 0.5) is 16.0 Å². The van der Waals surface area contributed by atoms with E-state index in [1.54, 1.807) is 6.21 Å². The molecule has 0 aliphatic rings. The molecule has 0 radical (unpaired) electrons. The number of ether oxygens (including phenoxy) is 1. The zero-order valence-corrected chi connectivity index (χ0v) is 21.2. The minimum absolute atomic E-state index is 0.0404. The van der Waals surface area contributed by atoms with E-state index in [4.69, 9.17) is 10.6 Å². The SMILES string of the molecule is Nn1c(N/N=C/c2ccccc2OCc2cccc(Br)c2)nnc1SCC(=O)Nc1ccc(F)cc1. The van der Waals surface area contributed by atoms with E-state index >= 15 is 0 Å². The summed E-state index contributed by atoms with van der Waals surface area (Å²) in [6, 6.07) is 20.9. The lowest BCUT2D eigenvalue weighted by molar-refractivity contribution is -0.113. The number of nitrogens with one attached hydrogen (secondary N) is 2. The van der Waals surface area contributed by atoms with E-state index < -0.39 is 0 Å². The normalized spacial score (nSPS) is 10.9. The fraction of sp³-hybridized carbons (Fsp3) is 0.0833. The maximum absolute atomic E-state index is 13.0. The summed E-state index contributed by atoms with van der Waals surface area (Å²) < 4.78 is 21.1. The van der Waals surface area contributed by atoms with Crippen molar-refractivity contribution in [3.8, 4) is 5.75 Å². The molecule has 0 bridgehead atoms. The second-order valence-corrected chi connectivity index (χ2v) is 9.20. The van der Waals surface area contributed by atoms with Gasteiger partial charge in [-0.15, -0.1) is 10.2 Å². The van der Waals surface area contributed by atoms with Gasteiger partial charge in [0.2, 0.25) is 11.1 Å². The number of thioether (sulfide) groups is 1. The first-order valence-electron chi connectivity index (χ1n) is 10.6. The summed E-state index contributed by atoms with van der Waals surface area (Å²) in [5.74, 6) is 6.26. The molecule has 9 nitrogen and oxygen atoms in total. The first kappa shape index (κ1) is 25.2. The molecular formula is C24H21BrFN7O2S. The third-order valence-electron chi connectivity index (χ3n) is 4.70. The van der Waals surface area contributed by atoms with Gasteiger partial charge < -0.3 is 15.9 Å². The molecule has 12 heteroatoms. The molecule has 0 saturated heterocycles. The lowest BCUT2D eigenvalue weighted by Gasteiger charge is -2.09. The van der Waals surface area contributed by atoms with Crippen molar-refractivity contribution in [1.29, 1.82) is 0 Å². The number of benzene rings is 3. The van der Waals surface area contributed by atoms with Crippen LogP contribution in [0.2, 0.25) is 0 Å². The number of para-hydroxylation sites is 1. The first-order valence-corrected chi connectivity index (χ1v) is 12.4. The number of carbonyl (C=O) groups excluding carboxylic acids is 1. The highest BCUT2D eigenvalue weighted by atomic mass is 79.9. The molecule has 4 rings (SSSR count). The van der Waals surface area contributed by atoms with Gasteiger partial charge in [0, 0.05) is 15.7 Å². The summed E-state index contributed by atoms with van der Waals surface area (Å²) in [5.41, 5.74) is 5.03. The first-order chi connectivity index (χ1) is 17.5. The number of rotatable bonds is 10. The molecule has 0 atom stereocenters. The van der Waals surface area contributed by atoms with Crippen LogP contribution in [0.3, 0.4) is 0 Å². The highest BCUT2D eigenvalue weighted by Crippen LogP contribution is 2.20. The van der Waals surface area contributed by atoms with Gasteiger partial charge in [-0.25, -0.2) is 14.5 Å². The summed E-state index contributed by atoms with van der Waals surface area (Å²) >= 11 is 4.56. The zero-order valence-electron chi connectivity index (χ0n) is 18.8. The van der Waals surface area contributed by atoms with E-state index in [9.17, 15) is 9.18 Å². The van der Waals surface area contributed by atoms with Gasteiger partial charge in [0.15, 0.2) is 0 Å². The maximum Gasteiger partial charge on any atom is 0.264 e. The van der Waals surface area contributed by atoms with Crippen LogP contribution in [-0.4, -0.2) is 32.7 Å². The molecule has 1 aromatic heterocycles. The molecule has 3 aromatic carbocycles. The maximum atomic E-state index is 13.0. The molecule has 0 fully saturated rings. The smallest absolute Gasteiger partial charge is 0.264 e. The molecule has 0 saturated carbocycles. The summed E-state index contributed by atoms with van der Waals surface area (Å²) in [6.07, 6.45) is 1.59. The third-order valence-corrected chi connectivity index (χ3v) is 6.13. The number of nitrogens with zero attached hydrogens (tertiary/aromatic N) is 4. The Morgan fingerprint density at radius 1 is 1.14 bits per heavy atom. The Balaban J connectivity index is 1.31. The number of halogens is 2. The van der Waals surface area contributed by atoms with Crippen molar-refractivity contribution in [2.75, 3.05) is 22.3 Å². The molecule has 4 N–H and O–H groups in total. The lowest BCUT2D eigenvalue weighted by atomic mass is 10.2. The number of anilines is 2. The molecule has 0 aliphatic carbocycles. The topological polar surface area (TPSA) is 119 Å². The fourth-order valence-electron chi connectivity index (χ4n) is 2.98. The summed E-state index contributed by atoms with van der Waals surface area (Å²) in [6.45, 7) is 0.407. The Hall–Kier alpha value is -3.90. The van der Waals surface area contributed by atoms with Crippen LogP contribution in [0.25, 0.3) is 0 Å². The van der Waals surface area contributed by atoms with E-state index in [0.717, 1.165) is 27.4 Å². The Morgan fingerprint density at radius 2 is 1.94 bits per heavy atom. The molecule has 36 heavy (non-hydrogen) atoms. The van der Waals surface area contributed by atoms with Gasteiger partial charge in [0.1, 0.15) is 18.2 Å². The number of nitrogens with two attached hydrogens (primary N) is 1. The minimum atomic E-state index is -0.377. The van der Waals surface area contributed by atoms with Crippen molar-refractivity contribution in [2.45, 2.75) is 11.8 Å². The van der Waals surface area contributed by atoms with Crippen LogP contribution in [0, 0.1) is 5.82 Å². The monoisotopic (exact) mass is 569 g/mol. The van der Waals surface area contributed by atoms with Crippen LogP contribution in [0.5, 0.6) is 5.75 Å². The number of hydrogen-bond donors (Lipinski definition) is 3. The molecular weight excluding hydrogens is 549 g/mol. The van der Waals surface area contributed by atoms with Crippen molar-refractivity contribution in [3.63, 3.8) is 0 Å². The van der Waals surface area contributed by atoms with Gasteiger partial charge in [-0.1, -0.05) is 52.0 Å². The van der Waals surface area contributed by atoms with Crippen LogP contribution in [-0.2, 0) is 11.4 Å². The van der Waals surface area contributed by atoms with Crippen LogP contribution >= 0.6 is 27.7 Å². The number of carbonyl (C=O) groups is 1. The van der Waals surface area contributed by atoms with Crippen LogP contribution in [0.1, 0.15) is 11.1 Å². The van der Waals surface area contributed by atoms with E-state index in [-0.39, 0.29) is 23.4 Å². The molecule has 1 heterocycles. The van der Waals surface area contributed by atoms with Crippen LogP contribution < -0.4 is 21.3 Å². The Bertz CT molecular complexity index is 1360. The van der Waals surface area contributed by atoms with Crippen molar-refractivity contribution < 1.29 is 13.9 Å². The summed E-state index contributed by atoms with van der Waals surface area (Å²) in [7, 11) is 0. The van der Waals surface area contributed by atoms with Gasteiger partial charge in [0.25, 0.3) is 5.95 Å². The quantitative estimate of drug-likeness (QED) is 0.110. The molecule has 4 aromatic rings. The van der Waals surface area contributed by atoms with Crippen molar-refractivity contribution in [3.05, 3.63) is 94.2 Å². The molecule has 1 amide bonds. The second-order valence-electron chi connectivity index (χ2n) is 7.35. The number of nitrogen functional groups attached to an aromatic ring is 1. The van der Waals surface area contributed by atoms with E-state index in [1.807, 2.05) is 48.5 Å². The standard InChI is InChI=1S/C24H21BrFN7O2S/c25-18-6-3-4-16(12-18)14-35-21-7-2-1-5-17(21)13-28-30-23-31-32-24(33(23)27)36-15-22(34)29-20-10-8-19(26)9-11-20/h1-13H,14-15,27H2,(H,29,34)(H,30,31)/b28-13+. The third kappa shape index (κ3) is 7.06. The number of hydrogen-bond acceptors (Lipinski definition) is 8. The zero-order chi connectivity index (χ0) is 25.3. The molecule has 0 spiro atoms. The second kappa shape index (κ2) is 12.2. The van der Waals surface area contributed by atoms with Gasteiger partial charge >= 0.3 is 0 Å². The van der Waals surface area contributed by atoms with Crippen molar-refractivity contribution >= 4 is 51.4 Å². The van der Waals surface area contributed by atoms with Crippen LogP contribution in [0.15, 0.2) is 87.5 Å². The fourth-order valence-corrected chi connectivity index (χ4v) is 4.08. The average Bonchev–Trinajstić information content (AvgIpc) is 3.23. The Labute approximate surface area is 219 Å². The highest BCUT2D eigenvalue weighted by Gasteiger charge is 2.12. The van der Waals surface area contributed by atoms with Gasteiger partial charge in [0.05, 0.1) is 12.0 Å². The number of aromatic nitrogens is 3. The Morgan fingerprint density at radius 3 is 2.75 bits per heavy atom. The highest BCUT2D eigenvalue weighted by molar-refractivity contribution is 9.10. The van der Waals surface area contributed by atoms with Crippen molar-refractivity contribution in [1.82, 2.24) is 14.9 Å². The van der Waals surface area contributed by atoms with Crippen molar-refractivity contribution in [2.24, 2.45) is 5.10 Å². The largest absolute Gasteiger partial charge is 0.488 e. The molecule has 0 unspecified atom stereocenters. The van der Waals surface area contributed by atoms with Gasteiger partial charge in [-0.3, -0.25) is 4.79 Å². The molecule has 0 aliphatic heterocycles. The minimum Gasteiger partial charge on any atom is -0.488 e. The number of hydrazone groups is 1. The van der Waals surface area contributed by atoms with E-state index in [2.05, 4.69) is 42.0 Å². The Kier molecular flexibility index (Phi) is 8.53. The summed E-state index contributed by atoms with van der Waals surface area (Å²) in [5, 5.41) is 15.1.